The van der Waals surface area contributed by atoms with Gasteiger partial charge < -0.3 is 10.6 Å². The first-order chi connectivity index (χ1) is 10.6. The van der Waals surface area contributed by atoms with Gasteiger partial charge in [0.1, 0.15) is 17.5 Å². The maximum absolute atomic E-state index is 13.5. The van der Waals surface area contributed by atoms with Gasteiger partial charge in [-0.3, -0.25) is 4.99 Å². The minimum absolute atomic E-state index is 0. The second-order valence-electron chi connectivity index (χ2n) is 4.64. The molecule has 7 heteroatoms. The van der Waals surface area contributed by atoms with E-state index >= 15 is 0 Å². The number of nitrogens with zero attached hydrogens (tertiary/aromatic N) is 1. The average Bonchev–Trinajstić information content (AvgIpc) is 2.51. The van der Waals surface area contributed by atoms with Crippen molar-refractivity contribution in [3.8, 4) is 0 Å². The highest BCUT2D eigenvalue weighted by Crippen LogP contribution is 2.09. The van der Waals surface area contributed by atoms with E-state index in [2.05, 4.69) is 15.6 Å². The predicted molar refractivity (Wildman–Crippen MR) is 95.2 cm³/mol. The van der Waals surface area contributed by atoms with Gasteiger partial charge in [-0.15, -0.1) is 24.0 Å². The van der Waals surface area contributed by atoms with Gasteiger partial charge in [0.15, 0.2) is 5.96 Å². The van der Waals surface area contributed by atoms with Crippen LogP contribution in [0.4, 0.5) is 13.2 Å². The van der Waals surface area contributed by atoms with Crippen LogP contribution in [-0.2, 0) is 13.1 Å². The summed E-state index contributed by atoms with van der Waals surface area (Å²) in [4.78, 5) is 3.98. The molecule has 2 N–H and O–H groups in total. The monoisotopic (exact) mass is 435 g/mol. The summed E-state index contributed by atoms with van der Waals surface area (Å²) in [6.07, 6.45) is 0. The number of benzene rings is 2. The summed E-state index contributed by atoms with van der Waals surface area (Å²) in [5, 5.41) is 5.85. The Bertz CT molecular complexity index is 677. The molecule has 0 aromatic heterocycles. The minimum atomic E-state index is -0.499. The number of aliphatic imine (C=N–C) groups is 1. The van der Waals surface area contributed by atoms with E-state index in [1.807, 2.05) is 0 Å². The third kappa shape index (κ3) is 6.09. The predicted octanol–water partition coefficient (Wildman–Crippen LogP) is 3.59. The van der Waals surface area contributed by atoms with Crippen molar-refractivity contribution in [2.75, 3.05) is 7.05 Å². The third-order valence-corrected chi connectivity index (χ3v) is 3.03. The summed E-state index contributed by atoms with van der Waals surface area (Å²) in [6, 6.07) is 9.43. The van der Waals surface area contributed by atoms with Crippen LogP contribution in [0.3, 0.4) is 0 Å². The first kappa shape index (κ1) is 19.3. The molecule has 0 heterocycles. The van der Waals surface area contributed by atoms with Crippen LogP contribution in [-0.4, -0.2) is 13.0 Å². The average molecular weight is 435 g/mol. The largest absolute Gasteiger partial charge is 0.352 e. The van der Waals surface area contributed by atoms with Crippen molar-refractivity contribution >= 4 is 29.9 Å². The summed E-state index contributed by atoms with van der Waals surface area (Å²) >= 11 is 0. The molecule has 0 saturated heterocycles. The molecular weight excluding hydrogens is 418 g/mol. The van der Waals surface area contributed by atoms with E-state index < -0.39 is 11.6 Å². The number of guanidine groups is 1. The lowest BCUT2D eigenvalue weighted by Crippen LogP contribution is -2.36. The Morgan fingerprint density at radius 1 is 0.957 bits per heavy atom. The van der Waals surface area contributed by atoms with Crippen molar-refractivity contribution in [3.63, 3.8) is 0 Å². The summed E-state index contributed by atoms with van der Waals surface area (Å²) in [6.45, 7) is 0.454. The van der Waals surface area contributed by atoms with E-state index in [1.54, 1.807) is 19.2 Å². The van der Waals surface area contributed by atoms with Crippen molar-refractivity contribution in [2.24, 2.45) is 4.99 Å². The smallest absolute Gasteiger partial charge is 0.191 e. The zero-order valence-corrected chi connectivity index (χ0v) is 14.8. The highest BCUT2D eigenvalue weighted by atomic mass is 127. The van der Waals surface area contributed by atoms with Crippen LogP contribution >= 0.6 is 24.0 Å². The molecule has 0 saturated carbocycles. The minimum Gasteiger partial charge on any atom is -0.352 e. The zero-order valence-electron chi connectivity index (χ0n) is 12.4. The van der Waals surface area contributed by atoms with Gasteiger partial charge in [0.05, 0.1) is 0 Å². The van der Waals surface area contributed by atoms with Gasteiger partial charge >= 0.3 is 0 Å². The fourth-order valence-corrected chi connectivity index (χ4v) is 1.91. The Balaban J connectivity index is 0.00000264. The van der Waals surface area contributed by atoms with Gasteiger partial charge in [0.2, 0.25) is 0 Å². The molecule has 0 fully saturated rings. The standard InChI is InChI=1S/C16H16F3N3.HI/c1-20-16(21-9-11-3-2-4-13(17)7-11)22-10-12-8-14(18)5-6-15(12)19;/h2-8H,9-10H2,1H3,(H2,20,21,22);1H. The molecule has 2 aromatic carbocycles. The number of halogens is 4. The van der Waals surface area contributed by atoms with Crippen LogP contribution in [0.25, 0.3) is 0 Å². The zero-order chi connectivity index (χ0) is 15.9. The molecule has 0 spiro atoms. The van der Waals surface area contributed by atoms with Crippen LogP contribution in [0.2, 0.25) is 0 Å². The van der Waals surface area contributed by atoms with E-state index in [1.165, 1.54) is 12.1 Å². The van der Waals surface area contributed by atoms with Gasteiger partial charge in [-0.25, -0.2) is 13.2 Å². The summed E-state index contributed by atoms with van der Waals surface area (Å²) < 4.78 is 39.7. The summed E-state index contributed by atoms with van der Waals surface area (Å²) in [7, 11) is 1.56. The van der Waals surface area contributed by atoms with Crippen LogP contribution < -0.4 is 10.6 Å². The number of rotatable bonds is 4. The molecule has 0 atom stereocenters. The number of hydrogen-bond donors (Lipinski definition) is 2. The highest BCUT2D eigenvalue weighted by molar-refractivity contribution is 14.0. The number of nitrogens with one attached hydrogen (secondary N) is 2. The Labute approximate surface area is 150 Å². The van der Waals surface area contributed by atoms with Crippen molar-refractivity contribution in [1.82, 2.24) is 10.6 Å². The second kappa shape index (κ2) is 9.39. The van der Waals surface area contributed by atoms with E-state index in [0.717, 1.165) is 23.8 Å². The Morgan fingerprint density at radius 2 is 1.65 bits per heavy atom. The summed E-state index contributed by atoms with van der Waals surface area (Å²) in [5.74, 6) is -0.896. The van der Waals surface area contributed by atoms with Crippen molar-refractivity contribution in [3.05, 3.63) is 71.0 Å². The van der Waals surface area contributed by atoms with Crippen molar-refractivity contribution < 1.29 is 13.2 Å². The molecule has 0 aliphatic heterocycles. The fraction of sp³-hybridized carbons (Fsp3) is 0.188. The molecule has 0 bridgehead atoms. The van der Waals surface area contributed by atoms with Crippen molar-refractivity contribution in [1.29, 1.82) is 0 Å². The molecule has 23 heavy (non-hydrogen) atoms. The normalized spacial score (nSPS) is 10.9. The molecular formula is C16H17F3IN3. The van der Waals surface area contributed by atoms with Crippen LogP contribution in [0, 0.1) is 17.5 Å². The second-order valence-corrected chi connectivity index (χ2v) is 4.64. The molecule has 0 aliphatic carbocycles. The topological polar surface area (TPSA) is 36.4 Å². The Morgan fingerprint density at radius 3 is 2.35 bits per heavy atom. The quantitative estimate of drug-likeness (QED) is 0.438. The van der Waals surface area contributed by atoms with Gasteiger partial charge in [-0.05, 0) is 35.9 Å². The first-order valence-corrected chi connectivity index (χ1v) is 6.71. The van der Waals surface area contributed by atoms with Crippen LogP contribution in [0.5, 0.6) is 0 Å². The summed E-state index contributed by atoms with van der Waals surface area (Å²) in [5.41, 5.74) is 0.952. The lowest BCUT2D eigenvalue weighted by molar-refractivity contribution is 0.581. The third-order valence-electron chi connectivity index (χ3n) is 3.03. The first-order valence-electron chi connectivity index (χ1n) is 6.71. The number of hydrogen-bond acceptors (Lipinski definition) is 1. The molecule has 2 aromatic rings. The van der Waals surface area contributed by atoms with E-state index in [9.17, 15) is 13.2 Å². The lowest BCUT2D eigenvalue weighted by Gasteiger charge is -2.12. The van der Waals surface area contributed by atoms with Crippen molar-refractivity contribution in [2.45, 2.75) is 13.1 Å². The molecule has 3 nitrogen and oxygen atoms in total. The molecule has 0 amide bonds. The van der Waals surface area contributed by atoms with Gasteiger partial charge in [-0.2, -0.15) is 0 Å². The molecule has 124 valence electrons. The Hall–Kier alpha value is -1.77. The molecule has 2 rings (SSSR count). The fourth-order valence-electron chi connectivity index (χ4n) is 1.91. The maximum atomic E-state index is 13.5. The molecule has 0 unspecified atom stereocenters. The molecule has 0 radical (unpaired) electrons. The van der Waals surface area contributed by atoms with Crippen LogP contribution in [0.1, 0.15) is 11.1 Å². The van der Waals surface area contributed by atoms with Gasteiger partial charge in [0, 0.05) is 25.7 Å². The van der Waals surface area contributed by atoms with Gasteiger partial charge in [-0.1, -0.05) is 12.1 Å². The SMILES string of the molecule is CN=C(NCc1cccc(F)c1)NCc1cc(F)ccc1F.I. The molecule has 0 aliphatic rings. The maximum Gasteiger partial charge on any atom is 0.191 e. The van der Waals surface area contributed by atoms with E-state index in [0.29, 0.717) is 12.5 Å². The van der Waals surface area contributed by atoms with E-state index in [-0.39, 0.29) is 41.9 Å². The lowest BCUT2D eigenvalue weighted by atomic mass is 10.2. The Kier molecular flexibility index (Phi) is 7.87. The highest BCUT2D eigenvalue weighted by Gasteiger charge is 2.05. The van der Waals surface area contributed by atoms with Gasteiger partial charge in [0.25, 0.3) is 0 Å². The van der Waals surface area contributed by atoms with Crippen LogP contribution in [0.15, 0.2) is 47.5 Å². The van der Waals surface area contributed by atoms with E-state index in [4.69, 9.17) is 0 Å².